The summed E-state index contributed by atoms with van der Waals surface area (Å²) in [4.78, 5) is 0. The molecule has 8 rings (SSSR count). The Kier molecular flexibility index (Phi) is 29.0. The second-order valence-electron chi connectivity index (χ2n) is 28.7. The Morgan fingerprint density at radius 3 is 0.766 bits per heavy atom. The molecule has 0 bridgehead atoms. The Labute approximate surface area is 409 Å². The van der Waals surface area contributed by atoms with E-state index in [0.29, 0.717) is 16.2 Å². The standard InChI is InChI=1S/8C8H16/c2*1-6-4-7(2)8(3)5-6;2*1-7-4-5-8(2,3)6-7;1-7-5-4-6-8(7,2)3;2*1-6-4-5-7(2)8(6)3;1-3-8-6-4-5-7(8)2/h2*6-8H,4-5H2,1-3H3;3*7H,4-6H2,1-3H3;2*6-8H,4-5H2,1-3H3;7-8H,3-6H2,1-2H3/t6?,7-,8?;;7-;;;;;/m0.0...../s1. The van der Waals surface area contributed by atoms with E-state index in [-0.39, 0.29) is 0 Å². The molecule has 0 heteroatoms. The van der Waals surface area contributed by atoms with E-state index in [4.69, 9.17) is 0 Å². The quantitative estimate of drug-likeness (QED) is 0.246. The molecule has 0 aliphatic heterocycles. The summed E-state index contributed by atoms with van der Waals surface area (Å²) in [6.07, 6.45) is 30.6. The van der Waals surface area contributed by atoms with Crippen molar-refractivity contribution in [1.82, 2.24) is 0 Å². The molecule has 8 fully saturated rings. The molecule has 0 aromatic heterocycles. The number of hydrogen-bond acceptors (Lipinski definition) is 0. The molecule has 0 saturated heterocycles. The lowest BCUT2D eigenvalue weighted by Crippen LogP contribution is -2.13. The van der Waals surface area contributed by atoms with Crippen LogP contribution in [0.3, 0.4) is 0 Å². The molecule has 64 heavy (non-hydrogen) atoms. The molecule has 0 aromatic rings. The van der Waals surface area contributed by atoms with Crippen LogP contribution in [0.1, 0.15) is 294 Å². The molecule has 0 spiro atoms. The predicted molar refractivity (Wildman–Crippen MR) is 294 cm³/mol. The van der Waals surface area contributed by atoms with Gasteiger partial charge in [0.15, 0.2) is 0 Å². The van der Waals surface area contributed by atoms with Crippen molar-refractivity contribution in [3.63, 3.8) is 0 Å². The van der Waals surface area contributed by atoms with Gasteiger partial charge in [0.05, 0.1) is 0 Å². The molecule has 0 radical (unpaired) electrons. The summed E-state index contributed by atoms with van der Waals surface area (Å²) < 4.78 is 0. The van der Waals surface area contributed by atoms with E-state index in [1.54, 1.807) is 0 Å². The highest BCUT2D eigenvalue weighted by Gasteiger charge is 2.31. The second-order valence-corrected chi connectivity index (χ2v) is 28.7. The molecule has 384 valence electrons. The van der Waals surface area contributed by atoms with Crippen LogP contribution in [0, 0.1) is 117 Å². The van der Waals surface area contributed by atoms with E-state index in [9.17, 15) is 0 Å². The highest BCUT2D eigenvalue weighted by molar-refractivity contribution is 4.83. The van der Waals surface area contributed by atoms with Gasteiger partial charge in [-0.1, -0.05) is 236 Å². The van der Waals surface area contributed by atoms with Crippen molar-refractivity contribution in [2.45, 2.75) is 294 Å². The molecule has 0 aromatic carbocycles. The zero-order chi connectivity index (χ0) is 49.2. The van der Waals surface area contributed by atoms with Crippen LogP contribution in [0.2, 0.25) is 0 Å². The Hall–Kier alpha value is 0. The average molecular weight is 898 g/mol. The fraction of sp³-hybridized carbons (Fsp3) is 1.00. The molecule has 0 heterocycles. The van der Waals surface area contributed by atoms with Crippen LogP contribution in [0.5, 0.6) is 0 Å². The lowest BCUT2D eigenvalue weighted by molar-refractivity contribution is 0.281. The lowest BCUT2D eigenvalue weighted by atomic mass is 9.83. The van der Waals surface area contributed by atoms with Gasteiger partial charge in [0.1, 0.15) is 0 Å². The number of rotatable bonds is 1. The molecule has 14 atom stereocenters. The van der Waals surface area contributed by atoms with Crippen molar-refractivity contribution >= 4 is 0 Å². The van der Waals surface area contributed by atoms with E-state index in [0.717, 1.165) is 101 Å². The molecule has 8 aliphatic rings. The first-order chi connectivity index (χ1) is 29.5. The van der Waals surface area contributed by atoms with Crippen molar-refractivity contribution < 1.29 is 0 Å². The fourth-order valence-corrected chi connectivity index (χ4v) is 13.8. The summed E-state index contributed by atoms with van der Waals surface area (Å²) in [5.74, 6) is 16.9. The monoisotopic (exact) mass is 897 g/mol. The van der Waals surface area contributed by atoms with Gasteiger partial charge in [0.25, 0.3) is 0 Å². The summed E-state index contributed by atoms with van der Waals surface area (Å²) >= 11 is 0. The minimum Gasteiger partial charge on any atom is -0.0651 e. The van der Waals surface area contributed by atoms with Crippen LogP contribution in [0.15, 0.2) is 0 Å². The van der Waals surface area contributed by atoms with E-state index in [1.165, 1.54) is 135 Å². The van der Waals surface area contributed by atoms with E-state index in [1.807, 2.05) is 0 Å². The van der Waals surface area contributed by atoms with E-state index >= 15 is 0 Å². The predicted octanol–water partition coefficient (Wildman–Crippen LogP) is 22.1. The van der Waals surface area contributed by atoms with Gasteiger partial charge in [-0.3, -0.25) is 0 Å². The molecular formula is C64H128. The molecule has 8 aliphatic carbocycles. The maximum Gasteiger partial charge on any atom is -0.0329 e. The Morgan fingerprint density at radius 1 is 0.328 bits per heavy atom. The van der Waals surface area contributed by atoms with Gasteiger partial charge in [-0.25, -0.2) is 0 Å². The number of hydrogen-bond donors (Lipinski definition) is 0. The van der Waals surface area contributed by atoms with Gasteiger partial charge in [-0.2, -0.15) is 0 Å². The molecular weight excluding hydrogens is 769 g/mol. The zero-order valence-electron chi connectivity index (χ0n) is 49.2. The van der Waals surface area contributed by atoms with Gasteiger partial charge in [-0.05, 0) is 175 Å². The van der Waals surface area contributed by atoms with Gasteiger partial charge < -0.3 is 0 Å². The summed E-state index contributed by atoms with van der Waals surface area (Å²) in [5, 5.41) is 0. The third kappa shape index (κ3) is 24.5. The normalized spacial score (nSPS) is 42.0. The summed E-state index contributed by atoms with van der Waals surface area (Å²) in [6.45, 7) is 54.5. The third-order valence-corrected chi connectivity index (χ3v) is 20.6. The first-order valence-electron chi connectivity index (χ1n) is 29.5. The topological polar surface area (TPSA) is 0 Å². The van der Waals surface area contributed by atoms with Crippen molar-refractivity contribution in [3.8, 4) is 0 Å². The van der Waals surface area contributed by atoms with Gasteiger partial charge in [0.2, 0.25) is 0 Å². The highest BCUT2D eigenvalue weighted by Crippen LogP contribution is 2.43. The average Bonchev–Trinajstić information content (AvgIpc) is 4.10. The molecule has 0 nitrogen and oxygen atoms in total. The first-order valence-corrected chi connectivity index (χ1v) is 29.5. The van der Waals surface area contributed by atoms with Crippen LogP contribution >= 0.6 is 0 Å². The summed E-state index contributed by atoms with van der Waals surface area (Å²) in [5.41, 5.74) is 1.98. The van der Waals surface area contributed by atoms with Crippen LogP contribution in [-0.2, 0) is 0 Å². The highest BCUT2D eigenvalue weighted by atomic mass is 14.4. The molecule has 0 amide bonds. The van der Waals surface area contributed by atoms with Crippen molar-refractivity contribution in [2.75, 3.05) is 0 Å². The molecule has 12 unspecified atom stereocenters. The fourth-order valence-electron chi connectivity index (χ4n) is 13.8. The third-order valence-electron chi connectivity index (χ3n) is 20.6. The van der Waals surface area contributed by atoms with E-state index in [2.05, 4.69) is 159 Å². The smallest absolute Gasteiger partial charge is 0.0329 e. The summed E-state index contributed by atoms with van der Waals surface area (Å²) in [7, 11) is 0. The van der Waals surface area contributed by atoms with Gasteiger partial charge >= 0.3 is 0 Å². The van der Waals surface area contributed by atoms with Gasteiger partial charge in [0, 0.05) is 0 Å². The minimum atomic E-state index is 0.653. The van der Waals surface area contributed by atoms with Crippen molar-refractivity contribution in [3.05, 3.63) is 0 Å². The maximum atomic E-state index is 2.39. The van der Waals surface area contributed by atoms with Crippen LogP contribution in [0.25, 0.3) is 0 Å². The second kappa shape index (κ2) is 29.9. The minimum absolute atomic E-state index is 0.653. The summed E-state index contributed by atoms with van der Waals surface area (Å²) in [6, 6.07) is 0. The Morgan fingerprint density at radius 2 is 0.672 bits per heavy atom. The molecule has 8 saturated carbocycles. The lowest BCUT2D eigenvalue weighted by Gasteiger charge is -2.22. The Bertz CT molecular complexity index is 1040. The SMILES string of the molecule is CC1CC(C)C(C)C1.CC1CC(C)[C@@H](C)C1.CC1CCC(C)(C)C1.CC1CCC(C)C1C.CC1CCC(C)C1C.CC1CCCC1(C)C.CCC1CCCC1C.C[C@H]1CCC(C)(C)C1. The van der Waals surface area contributed by atoms with Gasteiger partial charge in [-0.15, -0.1) is 0 Å². The van der Waals surface area contributed by atoms with Crippen molar-refractivity contribution in [1.29, 1.82) is 0 Å². The van der Waals surface area contributed by atoms with Crippen molar-refractivity contribution in [2.24, 2.45) is 117 Å². The zero-order valence-corrected chi connectivity index (χ0v) is 49.2. The van der Waals surface area contributed by atoms with E-state index < -0.39 is 0 Å². The van der Waals surface area contributed by atoms with Crippen LogP contribution < -0.4 is 0 Å². The molecule has 0 N–H and O–H groups in total. The first kappa shape index (κ1) is 62.0. The Balaban J connectivity index is 0.000000366. The largest absolute Gasteiger partial charge is 0.0651 e. The van der Waals surface area contributed by atoms with Crippen LogP contribution in [0.4, 0.5) is 0 Å². The van der Waals surface area contributed by atoms with Crippen LogP contribution in [-0.4, -0.2) is 0 Å². The maximum absolute atomic E-state index is 2.39.